The minimum absolute atomic E-state index is 0.00512. The Morgan fingerprint density at radius 1 is 0.314 bits per heavy atom. The molecular formula is C80H147N6O31P. The number of nitrogens with one attached hydrogen (secondary N) is 6. The average molecular weight is 1720 g/mol. The fourth-order valence-corrected chi connectivity index (χ4v) is 13.7. The third kappa shape index (κ3) is 45.8. The summed E-state index contributed by atoms with van der Waals surface area (Å²) in [6, 6.07) is 0. The van der Waals surface area contributed by atoms with Gasteiger partial charge in [0.25, 0.3) is 0 Å². The number of carbonyl (C=O) groups excluding carboxylic acids is 8. The number of ketones is 2. The lowest BCUT2D eigenvalue weighted by atomic mass is 9.99. The summed E-state index contributed by atoms with van der Waals surface area (Å²) in [6.45, 7) is 6.63. The predicted octanol–water partition coefficient (Wildman–Crippen LogP) is 0.656. The second-order valence-electron chi connectivity index (χ2n) is 32.0. The molecule has 3 heterocycles. The van der Waals surface area contributed by atoms with Gasteiger partial charge >= 0.3 is 0 Å². The highest BCUT2D eigenvalue weighted by Gasteiger charge is 2.47. The van der Waals surface area contributed by atoms with Gasteiger partial charge in [-0.15, -0.1) is 0 Å². The molecule has 6 amide bonds. The Hall–Kier alpha value is -4.49. The van der Waals surface area contributed by atoms with Gasteiger partial charge in [-0.05, 0) is 89.9 Å². The van der Waals surface area contributed by atoms with Crippen LogP contribution in [0, 0.1) is 0 Å². The summed E-state index contributed by atoms with van der Waals surface area (Å²) >= 11 is 0. The van der Waals surface area contributed by atoms with Crippen molar-refractivity contribution >= 4 is 54.4 Å². The Bertz CT molecular complexity index is 2600. The fraction of sp³-hybridized carbons (Fsp3) is 0.900. The van der Waals surface area contributed by atoms with Crippen molar-refractivity contribution in [2.45, 2.75) is 335 Å². The molecule has 0 spiro atoms. The molecule has 16 atom stereocenters. The molecule has 0 saturated carbocycles. The van der Waals surface area contributed by atoms with Gasteiger partial charge in [0.15, 0.2) is 18.9 Å². The third-order valence-corrected chi connectivity index (χ3v) is 23.9. The summed E-state index contributed by atoms with van der Waals surface area (Å²) in [5.41, 5.74) is -1.40. The number of hydrogen-bond acceptors (Lipinski definition) is 31. The number of rotatable bonds is 70. The highest BCUT2D eigenvalue weighted by Crippen LogP contribution is 2.55. The zero-order chi connectivity index (χ0) is 87.2. The van der Waals surface area contributed by atoms with Gasteiger partial charge in [-0.25, -0.2) is 0 Å². The molecule has 3 saturated heterocycles. The monoisotopic (exact) mass is 1720 g/mol. The molecule has 18 N–H and O–H groups in total. The summed E-state index contributed by atoms with van der Waals surface area (Å²) in [6.07, 6.45) is -3.24. The molecule has 118 heavy (non-hydrogen) atoms. The van der Waals surface area contributed by atoms with Crippen molar-refractivity contribution in [3.05, 3.63) is 0 Å². The molecule has 0 aromatic rings. The average Bonchev–Trinajstić information content (AvgIpc) is 0.816. The van der Waals surface area contributed by atoms with Crippen molar-refractivity contribution in [3.63, 3.8) is 0 Å². The first kappa shape index (κ1) is 108. The van der Waals surface area contributed by atoms with Crippen LogP contribution >= 0.6 is 7.37 Å². The van der Waals surface area contributed by atoms with Crippen LogP contribution in [0.4, 0.5) is 0 Å². The minimum Gasteiger partial charge on any atom is -0.394 e. The Morgan fingerprint density at radius 3 is 0.907 bits per heavy atom. The smallest absolute Gasteiger partial charge is 0.222 e. The highest BCUT2D eigenvalue weighted by molar-refractivity contribution is 7.59. The third-order valence-electron chi connectivity index (χ3n) is 20.8. The summed E-state index contributed by atoms with van der Waals surface area (Å²) in [4.78, 5) is 104. The van der Waals surface area contributed by atoms with Gasteiger partial charge < -0.3 is 140 Å². The van der Waals surface area contributed by atoms with E-state index in [1.54, 1.807) is 6.66 Å². The lowest BCUT2D eigenvalue weighted by Gasteiger charge is -2.39. The number of ether oxygens (including phenoxy) is 9. The molecule has 688 valence electrons. The lowest BCUT2D eigenvalue weighted by Crippen LogP contribution is -2.59. The molecule has 0 aliphatic carbocycles. The van der Waals surface area contributed by atoms with E-state index in [1.165, 1.54) is 0 Å². The molecule has 0 aromatic heterocycles. The molecule has 3 rings (SSSR count). The number of hydrogen-bond donors (Lipinski definition) is 18. The maximum absolute atomic E-state index is 14.0. The summed E-state index contributed by atoms with van der Waals surface area (Å²) in [5, 5.41) is 136. The Balaban J connectivity index is 1.54. The van der Waals surface area contributed by atoms with E-state index in [0.717, 1.165) is 77.0 Å². The van der Waals surface area contributed by atoms with Crippen molar-refractivity contribution in [2.75, 3.05) is 125 Å². The van der Waals surface area contributed by atoms with Crippen LogP contribution in [0.2, 0.25) is 0 Å². The number of Topliss-reactive ketones (excluding diaryl/α,β-unsaturated/α-hetero) is 2. The normalized spacial score (nSPS) is 24.5. The van der Waals surface area contributed by atoms with Crippen molar-refractivity contribution in [2.24, 2.45) is 0 Å². The molecule has 0 bridgehead atoms. The summed E-state index contributed by atoms with van der Waals surface area (Å²) in [5.74, 6) is -1.60. The molecule has 3 aliphatic rings. The SMILES string of the molecule is CC(C)(C)P(C)(=O)OCCCCCCCC(=O)CCCCCCCCCCC(=O)NC(COCCC(=O)NCCCCC(=O)CCCCO[C@H]1OC(CO)[C@@H](O)[C@H](O)C1O)(COCCC(=O)NCCCNC(=O)CCCCO[C@H]1OC(CO)[C@@H](O)[C@H](O)C1O)COCCC(=O)NCCCNC(=O)CCCCO[C@H]1OC(CO)[C@@H](O)[C@H](O)C1O. The van der Waals surface area contributed by atoms with Crippen LogP contribution in [-0.2, 0) is 90.1 Å². The van der Waals surface area contributed by atoms with Crippen LogP contribution in [0.3, 0.4) is 0 Å². The van der Waals surface area contributed by atoms with Gasteiger partial charge in [0.2, 0.25) is 42.8 Å². The molecule has 3 aliphatic heterocycles. The maximum Gasteiger partial charge on any atom is 0.222 e. The van der Waals surface area contributed by atoms with Crippen LogP contribution in [0.25, 0.3) is 0 Å². The lowest BCUT2D eigenvalue weighted by molar-refractivity contribution is -0.301. The predicted molar refractivity (Wildman–Crippen MR) is 429 cm³/mol. The van der Waals surface area contributed by atoms with Gasteiger partial charge in [0.05, 0.1) is 66.1 Å². The molecule has 0 radical (unpaired) electrons. The molecule has 0 aromatic carbocycles. The largest absolute Gasteiger partial charge is 0.394 e. The number of unbranched alkanes of at least 4 members (excludes halogenated alkanes) is 15. The summed E-state index contributed by atoms with van der Waals surface area (Å²) < 4.78 is 69.3. The van der Waals surface area contributed by atoms with Crippen LogP contribution in [0.1, 0.15) is 233 Å². The number of aliphatic hydroxyl groups excluding tert-OH is 12. The first-order chi connectivity index (χ1) is 56.4. The van der Waals surface area contributed by atoms with Crippen molar-refractivity contribution in [1.82, 2.24) is 31.9 Å². The Labute approximate surface area is 695 Å². The van der Waals surface area contributed by atoms with Gasteiger partial charge in [-0.1, -0.05) is 78.6 Å². The van der Waals surface area contributed by atoms with E-state index in [2.05, 4.69) is 31.9 Å². The van der Waals surface area contributed by atoms with Crippen molar-refractivity contribution in [1.29, 1.82) is 0 Å². The standard InChI is InChI=1S/C80H147N6O31P/c1-79(2,3)118(4,107)114-46-22-13-9-11-15-29-56(90)28-14-10-7-5-6-8-12-16-34-66(97)86-80(53-108-47-35-63(94)81-38-21-17-30-57(91)31-18-23-43-111-76-73(104)70(101)67(98)58(50-87)115-76,54-109-48-36-64(95)84-41-26-39-82-61(92)32-19-24-44-112-77-74(105)71(102)68(99)59(51-88)116-77)55-110-49-37-65(96)85-42-27-40-83-62(93)33-20-25-45-113-78-75(106)72(103)69(100)60(52-89)117-78/h58-60,67-78,87-89,98-106H,5-55H2,1-4H3,(H,81,94)(H,82,92)(H,83,93)(H,84,95)(H,85,96)(H,86,97)/t58?,59?,60?,67-,68-,69-,70+,71+,72+,73?,74?,75?,76+,77+,78+,80?,118?/m1/s1. The molecule has 3 fully saturated rings. The van der Waals surface area contributed by atoms with Crippen LogP contribution in [0.15, 0.2) is 0 Å². The van der Waals surface area contributed by atoms with Gasteiger partial charge in [0, 0.05) is 129 Å². The number of aliphatic hydroxyl groups is 12. The van der Waals surface area contributed by atoms with Crippen molar-refractivity contribution < 1.29 is 151 Å². The zero-order valence-electron chi connectivity index (χ0n) is 70.3. The highest BCUT2D eigenvalue weighted by atomic mass is 31.2. The van der Waals surface area contributed by atoms with Crippen LogP contribution in [0.5, 0.6) is 0 Å². The van der Waals surface area contributed by atoms with E-state index < -0.39 is 125 Å². The first-order valence-corrected chi connectivity index (χ1v) is 44.9. The van der Waals surface area contributed by atoms with Gasteiger partial charge in [-0.2, -0.15) is 0 Å². The van der Waals surface area contributed by atoms with Crippen LogP contribution < -0.4 is 31.9 Å². The first-order valence-electron chi connectivity index (χ1n) is 42.8. The Kier molecular flexibility index (Phi) is 57.1. The number of carbonyl (C=O) groups is 8. The quantitative estimate of drug-likeness (QED) is 0.0294. The fourth-order valence-electron chi connectivity index (χ4n) is 12.8. The van der Waals surface area contributed by atoms with E-state index in [1.807, 2.05) is 20.8 Å². The van der Waals surface area contributed by atoms with Gasteiger partial charge in [-0.3, -0.25) is 42.9 Å². The Morgan fingerprint density at radius 2 is 0.576 bits per heavy atom. The second kappa shape index (κ2) is 62.6. The van der Waals surface area contributed by atoms with E-state index in [9.17, 15) is 104 Å². The second-order valence-corrected chi connectivity index (χ2v) is 35.3. The van der Waals surface area contributed by atoms with Gasteiger partial charge in [0.1, 0.15) is 90.4 Å². The van der Waals surface area contributed by atoms with Crippen molar-refractivity contribution in [3.8, 4) is 0 Å². The molecular weight excluding hydrogens is 1570 g/mol. The van der Waals surface area contributed by atoms with Crippen LogP contribution in [-0.4, -0.2) is 336 Å². The summed E-state index contributed by atoms with van der Waals surface area (Å²) in [7, 11) is -2.67. The van der Waals surface area contributed by atoms with E-state index in [-0.39, 0.29) is 196 Å². The number of amides is 6. The van der Waals surface area contributed by atoms with E-state index in [4.69, 9.17) is 47.2 Å². The maximum atomic E-state index is 14.0. The zero-order valence-corrected chi connectivity index (χ0v) is 71.2. The molecule has 37 nitrogen and oxygen atoms in total. The molecule has 38 heteroatoms. The van der Waals surface area contributed by atoms with E-state index >= 15 is 0 Å². The molecule has 7 unspecified atom stereocenters. The topological polar surface area (TPSA) is 561 Å². The van der Waals surface area contributed by atoms with E-state index in [0.29, 0.717) is 90.1 Å². The minimum atomic E-state index is -2.67.